The van der Waals surface area contributed by atoms with Gasteiger partial charge in [-0.1, -0.05) is 18.2 Å². The number of esters is 1. The summed E-state index contributed by atoms with van der Waals surface area (Å²) in [6.45, 7) is 0.718. The first-order chi connectivity index (χ1) is 14.5. The van der Waals surface area contributed by atoms with Crippen molar-refractivity contribution in [1.29, 1.82) is 0 Å². The van der Waals surface area contributed by atoms with Crippen LogP contribution in [0.2, 0.25) is 0 Å². The van der Waals surface area contributed by atoms with Crippen molar-refractivity contribution in [1.82, 2.24) is 0 Å². The molecule has 1 aliphatic rings. The van der Waals surface area contributed by atoms with Crippen LogP contribution in [0.1, 0.15) is 17.3 Å². The zero-order valence-electron chi connectivity index (χ0n) is 16.7. The highest BCUT2D eigenvalue weighted by molar-refractivity contribution is 5.89. The van der Waals surface area contributed by atoms with Crippen molar-refractivity contribution in [2.75, 3.05) is 6.61 Å². The van der Waals surface area contributed by atoms with Crippen molar-refractivity contribution < 1.29 is 54.8 Å². The molecule has 1 saturated heterocycles. The average Bonchev–Trinajstić information content (AvgIpc) is 2.78. The summed E-state index contributed by atoms with van der Waals surface area (Å²) in [6, 6.07) is 7.12. The molecule has 0 bridgehead atoms. The normalized spacial score (nSPS) is 29.5. The molecule has 1 aliphatic heterocycles. The predicted molar refractivity (Wildman–Crippen MR) is 103 cm³/mol. The first-order valence-corrected chi connectivity index (χ1v) is 9.36. The number of hydrogen-bond donors (Lipinski definition) is 8. The van der Waals surface area contributed by atoms with Crippen LogP contribution in [-0.4, -0.2) is 110 Å². The van der Waals surface area contributed by atoms with Crippen LogP contribution in [0.3, 0.4) is 0 Å². The van der Waals surface area contributed by atoms with E-state index in [4.69, 9.17) is 40.7 Å². The van der Waals surface area contributed by atoms with Crippen LogP contribution in [0.4, 0.5) is 0 Å². The van der Waals surface area contributed by atoms with Crippen molar-refractivity contribution in [3.63, 3.8) is 0 Å². The lowest BCUT2D eigenvalue weighted by atomic mass is 9.98. The van der Waals surface area contributed by atoms with Gasteiger partial charge in [-0.25, -0.2) is 4.79 Å². The molecule has 0 saturated carbocycles. The molecule has 9 atom stereocenters. The van der Waals surface area contributed by atoms with Crippen molar-refractivity contribution in [3.8, 4) is 0 Å². The third-order valence-electron chi connectivity index (χ3n) is 4.49. The van der Waals surface area contributed by atoms with Crippen molar-refractivity contribution >= 4 is 12.3 Å². The molecular formula is C19H29NO11. The van der Waals surface area contributed by atoms with Gasteiger partial charge in [0.1, 0.15) is 36.6 Å². The summed E-state index contributed by atoms with van der Waals surface area (Å²) in [6.07, 6.45) is -10.9. The predicted octanol–water partition coefficient (Wildman–Crippen LogP) is -3.74. The lowest BCUT2D eigenvalue weighted by Crippen LogP contribution is -2.62. The topological polar surface area (TPSA) is 220 Å². The molecule has 1 fully saturated rings. The minimum absolute atomic E-state index is 0.0935. The average molecular weight is 447 g/mol. The summed E-state index contributed by atoms with van der Waals surface area (Å²) < 4.78 is 10.3. The Morgan fingerprint density at radius 1 is 1.13 bits per heavy atom. The fourth-order valence-electron chi connectivity index (χ4n) is 2.53. The number of aliphatic hydroxyl groups is 7. The zero-order chi connectivity index (χ0) is 23.7. The minimum Gasteiger partial charge on any atom is -0.430 e. The molecule has 1 heterocycles. The van der Waals surface area contributed by atoms with Crippen molar-refractivity contribution in [2.24, 2.45) is 5.73 Å². The van der Waals surface area contributed by atoms with Crippen LogP contribution >= 0.6 is 0 Å². The Bertz CT molecular complexity index is 672. The fourth-order valence-corrected chi connectivity index (χ4v) is 2.53. The van der Waals surface area contributed by atoms with Crippen LogP contribution < -0.4 is 5.73 Å². The van der Waals surface area contributed by atoms with E-state index in [0.717, 1.165) is 0 Å². The van der Waals surface area contributed by atoms with Gasteiger partial charge in [-0.05, 0) is 19.1 Å². The van der Waals surface area contributed by atoms with E-state index in [1.165, 1.54) is 6.92 Å². The van der Waals surface area contributed by atoms with Gasteiger partial charge in [0.05, 0.1) is 24.3 Å². The van der Waals surface area contributed by atoms with E-state index in [0.29, 0.717) is 5.56 Å². The molecule has 9 N–H and O–H groups in total. The Kier molecular flexibility index (Phi) is 11.1. The van der Waals surface area contributed by atoms with Crippen LogP contribution in [0.15, 0.2) is 30.3 Å². The van der Waals surface area contributed by atoms with E-state index >= 15 is 0 Å². The van der Waals surface area contributed by atoms with E-state index in [1.54, 1.807) is 30.3 Å². The Balaban J connectivity index is 0.000000373. The monoisotopic (exact) mass is 447 g/mol. The molecular weight excluding hydrogens is 418 g/mol. The second kappa shape index (κ2) is 12.8. The van der Waals surface area contributed by atoms with Gasteiger partial charge in [-0.3, -0.25) is 0 Å². The largest absolute Gasteiger partial charge is 0.430 e. The summed E-state index contributed by atoms with van der Waals surface area (Å²) in [4.78, 5) is 21.7. The Morgan fingerprint density at radius 3 is 2.19 bits per heavy atom. The van der Waals surface area contributed by atoms with Crippen LogP contribution in [0, 0.1) is 0 Å². The molecule has 1 aromatic carbocycles. The minimum atomic E-state index is -1.65. The quantitative estimate of drug-likeness (QED) is 0.149. The van der Waals surface area contributed by atoms with Gasteiger partial charge < -0.3 is 55.7 Å². The standard InChI is InChI=1S/C13H17NO6.C6H12O5/c14-9-11(17)10(16)8(6-15)19-13(9)20-12(18)7-4-2-1-3-5-7;1-3(8)5(10)6(11)4(9)2-7/h1-5,8-11,13,15-17H,6,14H2;2-6,8-11H,1H3/t8-,9-,10-,11-,13?;/m1./s1. The lowest BCUT2D eigenvalue weighted by Gasteiger charge is -2.39. The zero-order valence-corrected chi connectivity index (χ0v) is 16.7. The van der Waals surface area contributed by atoms with Gasteiger partial charge in [0.2, 0.25) is 6.29 Å². The first-order valence-electron chi connectivity index (χ1n) is 9.36. The number of hydrogen-bond acceptors (Lipinski definition) is 12. The van der Waals surface area contributed by atoms with Gasteiger partial charge in [0.15, 0.2) is 6.29 Å². The number of nitrogens with two attached hydrogens (primary N) is 1. The third kappa shape index (κ3) is 7.57. The van der Waals surface area contributed by atoms with Crippen LogP contribution in [-0.2, 0) is 14.3 Å². The number of ether oxygens (including phenoxy) is 2. The van der Waals surface area contributed by atoms with E-state index in [9.17, 15) is 19.8 Å². The molecule has 0 spiro atoms. The van der Waals surface area contributed by atoms with E-state index in [-0.39, 0.29) is 6.29 Å². The molecule has 0 aliphatic carbocycles. The highest BCUT2D eigenvalue weighted by Crippen LogP contribution is 2.21. The first kappa shape index (κ1) is 27.0. The number of aliphatic hydroxyl groups excluding tert-OH is 7. The van der Waals surface area contributed by atoms with Gasteiger partial charge in [-0.2, -0.15) is 0 Å². The van der Waals surface area contributed by atoms with Crippen molar-refractivity contribution in [2.45, 2.75) is 62.0 Å². The molecule has 12 heteroatoms. The number of benzene rings is 1. The molecule has 1 aromatic rings. The van der Waals surface area contributed by atoms with Gasteiger partial charge in [0.25, 0.3) is 0 Å². The van der Waals surface area contributed by atoms with Gasteiger partial charge in [-0.15, -0.1) is 0 Å². The summed E-state index contributed by atoms with van der Waals surface area (Å²) >= 11 is 0. The Labute approximate surface area is 178 Å². The van der Waals surface area contributed by atoms with Crippen molar-refractivity contribution in [3.05, 3.63) is 35.9 Å². The van der Waals surface area contributed by atoms with Crippen LogP contribution in [0.5, 0.6) is 0 Å². The summed E-state index contributed by atoms with van der Waals surface area (Å²) in [5, 5.41) is 63.5. The number of carbonyl (C=O) groups excluding carboxylic acids is 2. The third-order valence-corrected chi connectivity index (χ3v) is 4.49. The second-order valence-corrected chi connectivity index (χ2v) is 6.90. The molecule has 5 unspecified atom stereocenters. The van der Waals surface area contributed by atoms with Gasteiger partial charge in [0, 0.05) is 0 Å². The maximum atomic E-state index is 11.9. The Hall–Kier alpha value is -2.00. The van der Waals surface area contributed by atoms with E-state index in [1.807, 2.05) is 0 Å². The van der Waals surface area contributed by atoms with Crippen LogP contribution in [0.25, 0.3) is 0 Å². The molecule has 0 aromatic heterocycles. The summed E-state index contributed by atoms with van der Waals surface area (Å²) in [5.41, 5.74) is 5.97. The molecule has 12 nitrogen and oxygen atoms in total. The number of rotatable bonds is 7. The number of aldehydes is 1. The molecule has 2 rings (SSSR count). The summed E-state index contributed by atoms with van der Waals surface area (Å²) in [5.74, 6) is -0.661. The highest BCUT2D eigenvalue weighted by atomic mass is 16.7. The number of carbonyl (C=O) groups is 2. The smallest absolute Gasteiger partial charge is 0.340 e. The molecule has 0 radical (unpaired) electrons. The second-order valence-electron chi connectivity index (χ2n) is 6.90. The highest BCUT2D eigenvalue weighted by Gasteiger charge is 2.44. The van der Waals surface area contributed by atoms with Gasteiger partial charge >= 0.3 is 5.97 Å². The SMILES string of the molecule is CC(O)C(O)C(O)C(O)C=O.N[C@H]1C(OC(=O)c2ccccc2)O[C@H](CO)[C@@H](O)[C@@H]1O. The maximum Gasteiger partial charge on any atom is 0.340 e. The fraction of sp³-hybridized carbons (Fsp3) is 0.579. The van der Waals surface area contributed by atoms with E-state index < -0.39 is 67.6 Å². The van der Waals surface area contributed by atoms with E-state index in [2.05, 4.69) is 0 Å². The lowest BCUT2D eigenvalue weighted by molar-refractivity contribution is -0.248. The Morgan fingerprint density at radius 2 is 1.71 bits per heavy atom. The maximum absolute atomic E-state index is 11.9. The molecule has 176 valence electrons. The molecule has 0 amide bonds. The molecule has 31 heavy (non-hydrogen) atoms. The summed E-state index contributed by atoms with van der Waals surface area (Å²) in [7, 11) is 0.